The average molecular weight is 161 g/mol. The molecule has 2 rings (SSSR count). The van der Waals surface area contributed by atoms with Crippen LogP contribution in [0.4, 0.5) is 8.78 Å². The fourth-order valence-corrected chi connectivity index (χ4v) is 1.72. The van der Waals surface area contributed by atoms with Gasteiger partial charge in [-0.1, -0.05) is 0 Å². The maximum absolute atomic E-state index is 12.7. The van der Waals surface area contributed by atoms with Gasteiger partial charge in [0.15, 0.2) is 0 Å². The highest BCUT2D eigenvalue weighted by molar-refractivity contribution is 5.87. The number of carbonyl (C=O) groups is 1. The first-order chi connectivity index (χ1) is 4.98. The van der Waals surface area contributed by atoms with Crippen molar-refractivity contribution >= 4 is 5.91 Å². The Labute approximate surface area is 63.2 Å². The third-order valence-electron chi connectivity index (χ3n) is 2.71. The summed E-state index contributed by atoms with van der Waals surface area (Å²) in [7, 11) is 1.47. The van der Waals surface area contributed by atoms with Gasteiger partial charge >= 0.3 is 5.92 Å². The molecule has 0 bridgehead atoms. The van der Waals surface area contributed by atoms with Gasteiger partial charge in [-0.15, -0.1) is 0 Å². The lowest BCUT2D eigenvalue weighted by molar-refractivity contribution is -0.147. The van der Waals surface area contributed by atoms with E-state index in [1.807, 2.05) is 0 Å². The van der Waals surface area contributed by atoms with Crippen molar-refractivity contribution in [3.8, 4) is 0 Å². The van der Waals surface area contributed by atoms with Crippen LogP contribution in [-0.2, 0) is 4.79 Å². The van der Waals surface area contributed by atoms with Crippen LogP contribution >= 0.6 is 0 Å². The fourth-order valence-electron chi connectivity index (χ4n) is 1.72. The second kappa shape index (κ2) is 1.57. The number of likely N-dealkylation sites (tertiary alicyclic amines) is 1. The van der Waals surface area contributed by atoms with Crippen LogP contribution in [0.25, 0.3) is 0 Å². The lowest BCUT2D eigenvalue weighted by Gasteiger charge is -2.16. The van der Waals surface area contributed by atoms with Gasteiger partial charge in [-0.2, -0.15) is 8.78 Å². The lowest BCUT2D eigenvalue weighted by Crippen LogP contribution is -2.33. The summed E-state index contributed by atoms with van der Waals surface area (Å²) in [6.07, 6.45) is 1.21. The predicted molar refractivity (Wildman–Crippen MR) is 34.3 cm³/mol. The number of nitrogens with zero attached hydrogens (tertiary/aromatic N) is 1. The minimum Gasteiger partial charge on any atom is -0.335 e. The molecule has 1 saturated carbocycles. The van der Waals surface area contributed by atoms with E-state index in [4.69, 9.17) is 0 Å². The molecule has 0 aromatic carbocycles. The van der Waals surface area contributed by atoms with E-state index < -0.39 is 17.4 Å². The Morgan fingerprint density at radius 3 is 2.18 bits per heavy atom. The highest BCUT2D eigenvalue weighted by Crippen LogP contribution is 2.53. The van der Waals surface area contributed by atoms with Crippen LogP contribution in [0.5, 0.6) is 0 Å². The maximum atomic E-state index is 12.7. The quantitative estimate of drug-likeness (QED) is 0.519. The Morgan fingerprint density at radius 2 is 2.00 bits per heavy atom. The molecule has 1 saturated heterocycles. The van der Waals surface area contributed by atoms with E-state index in [0.717, 1.165) is 12.8 Å². The van der Waals surface area contributed by atoms with E-state index in [9.17, 15) is 13.6 Å². The van der Waals surface area contributed by atoms with Gasteiger partial charge in [0.25, 0.3) is 5.91 Å². The molecule has 1 heterocycles. The molecule has 0 aromatic heterocycles. The molecule has 2 aliphatic rings. The molecular formula is C7H9F2NO. The molecule has 2 fully saturated rings. The highest BCUT2D eigenvalue weighted by Gasteiger charge is 2.65. The zero-order valence-corrected chi connectivity index (χ0v) is 6.23. The molecule has 0 radical (unpaired) electrons. The first-order valence-electron chi connectivity index (χ1n) is 3.64. The molecule has 11 heavy (non-hydrogen) atoms. The molecule has 2 nitrogen and oxygen atoms in total. The molecule has 4 heteroatoms. The predicted octanol–water partition coefficient (Wildman–Crippen LogP) is 1.02. The van der Waals surface area contributed by atoms with Gasteiger partial charge in [0, 0.05) is 19.0 Å². The van der Waals surface area contributed by atoms with E-state index in [0.29, 0.717) is 0 Å². The topological polar surface area (TPSA) is 20.3 Å². The average Bonchev–Trinajstić information content (AvgIpc) is 2.62. The normalized spacial score (nSPS) is 31.5. The Morgan fingerprint density at radius 1 is 1.45 bits per heavy atom. The van der Waals surface area contributed by atoms with E-state index in [1.54, 1.807) is 0 Å². The summed E-state index contributed by atoms with van der Waals surface area (Å²) in [6.45, 7) is 0. The Hall–Kier alpha value is -0.670. The summed E-state index contributed by atoms with van der Waals surface area (Å²) in [6, 6.07) is 0. The summed E-state index contributed by atoms with van der Waals surface area (Å²) in [4.78, 5) is 12.1. The van der Waals surface area contributed by atoms with Crippen LogP contribution in [0.2, 0.25) is 0 Å². The summed E-state index contributed by atoms with van der Waals surface area (Å²) in [5.74, 6) is -4.10. The summed E-state index contributed by atoms with van der Waals surface area (Å²) >= 11 is 0. The number of alkyl halides is 2. The molecule has 1 spiro atoms. The van der Waals surface area contributed by atoms with Crippen molar-refractivity contribution in [2.45, 2.75) is 30.7 Å². The fraction of sp³-hybridized carbons (Fsp3) is 0.857. The number of amides is 1. The minimum absolute atomic E-state index is 0.269. The maximum Gasteiger partial charge on any atom is 0.327 e. The van der Waals surface area contributed by atoms with E-state index >= 15 is 0 Å². The first kappa shape index (κ1) is 7.00. The molecule has 0 N–H and O–H groups in total. The van der Waals surface area contributed by atoms with Crippen LogP contribution in [0.3, 0.4) is 0 Å². The molecule has 0 atom stereocenters. The number of rotatable bonds is 0. The van der Waals surface area contributed by atoms with Crippen molar-refractivity contribution in [3.05, 3.63) is 0 Å². The van der Waals surface area contributed by atoms with Crippen LogP contribution in [-0.4, -0.2) is 29.3 Å². The molecule has 1 aliphatic heterocycles. The zero-order chi connectivity index (χ0) is 8.28. The van der Waals surface area contributed by atoms with Gasteiger partial charge < -0.3 is 4.90 Å². The van der Waals surface area contributed by atoms with Gasteiger partial charge in [0.05, 0.1) is 0 Å². The van der Waals surface area contributed by atoms with Crippen LogP contribution in [0.15, 0.2) is 0 Å². The number of halogens is 2. The highest BCUT2D eigenvalue weighted by atomic mass is 19.3. The van der Waals surface area contributed by atoms with Crippen molar-refractivity contribution in [1.29, 1.82) is 0 Å². The van der Waals surface area contributed by atoms with Crippen LogP contribution < -0.4 is 0 Å². The number of carbonyl (C=O) groups excluding carboxylic acids is 1. The van der Waals surface area contributed by atoms with E-state index in [1.165, 1.54) is 11.9 Å². The van der Waals surface area contributed by atoms with Gasteiger partial charge in [-0.05, 0) is 12.8 Å². The smallest absolute Gasteiger partial charge is 0.327 e. The number of hydrogen-bond donors (Lipinski definition) is 0. The second-order valence-electron chi connectivity index (χ2n) is 3.47. The second-order valence-corrected chi connectivity index (χ2v) is 3.47. The molecule has 1 aliphatic carbocycles. The third-order valence-corrected chi connectivity index (χ3v) is 2.71. The Kier molecular flexibility index (Phi) is 0.997. The van der Waals surface area contributed by atoms with Gasteiger partial charge in [-0.3, -0.25) is 4.79 Å². The standard InChI is InChI=1S/C7H9F2NO/c1-10-5(11)7(8,9)4-6(10)2-3-6/h2-4H2,1H3. The Bertz CT molecular complexity index is 222. The SMILES string of the molecule is CN1C(=O)C(F)(F)CC12CC2. The third kappa shape index (κ3) is 0.723. The molecule has 62 valence electrons. The molecule has 0 aromatic rings. The Balaban J connectivity index is 2.31. The van der Waals surface area contributed by atoms with Crippen molar-refractivity contribution in [1.82, 2.24) is 4.90 Å². The van der Waals surface area contributed by atoms with Crippen molar-refractivity contribution in [2.75, 3.05) is 7.05 Å². The van der Waals surface area contributed by atoms with E-state index in [-0.39, 0.29) is 6.42 Å². The minimum atomic E-state index is -3.09. The van der Waals surface area contributed by atoms with Crippen molar-refractivity contribution < 1.29 is 13.6 Å². The van der Waals surface area contributed by atoms with Crippen molar-refractivity contribution in [3.63, 3.8) is 0 Å². The molecule has 1 amide bonds. The zero-order valence-electron chi connectivity index (χ0n) is 6.23. The summed E-state index contributed by atoms with van der Waals surface area (Å²) < 4.78 is 25.5. The van der Waals surface area contributed by atoms with Gasteiger partial charge in [0.2, 0.25) is 0 Å². The lowest BCUT2D eigenvalue weighted by atomic mass is 10.2. The monoisotopic (exact) mass is 161 g/mol. The van der Waals surface area contributed by atoms with Crippen LogP contribution in [0, 0.1) is 0 Å². The van der Waals surface area contributed by atoms with Gasteiger partial charge in [0.1, 0.15) is 0 Å². The van der Waals surface area contributed by atoms with Crippen LogP contribution in [0.1, 0.15) is 19.3 Å². The van der Waals surface area contributed by atoms with Gasteiger partial charge in [-0.25, -0.2) is 0 Å². The summed E-state index contributed by atoms with van der Waals surface area (Å²) in [5, 5.41) is 0. The molecule has 0 unspecified atom stereocenters. The van der Waals surface area contributed by atoms with Crippen molar-refractivity contribution in [2.24, 2.45) is 0 Å². The largest absolute Gasteiger partial charge is 0.335 e. The first-order valence-corrected chi connectivity index (χ1v) is 3.64. The summed E-state index contributed by atoms with van der Waals surface area (Å²) in [5.41, 5.74) is -0.458. The van der Waals surface area contributed by atoms with E-state index in [2.05, 4.69) is 0 Å². The molecular weight excluding hydrogens is 152 g/mol. The number of hydrogen-bond acceptors (Lipinski definition) is 1.